The Morgan fingerprint density at radius 3 is 2.54 bits per heavy atom. The van der Waals surface area contributed by atoms with Gasteiger partial charge in [0.05, 0.1) is 24.5 Å². The van der Waals surface area contributed by atoms with Crippen molar-refractivity contribution in [3.63, 3.8) is 0 Å². The zero-order chi connectivity index (χ0) is 19.6. The lowest BCUT2D eigenvalue weighted by Gasteiger charge is -2.36. The van der Waals surface area contributed by atoms with Crippen LogP contribution in [0.25, 0.3) is 0 Å². The molecule has 0 saturated carbocycles. The maximum Gasteiger partial charge on any atom is 0.415 e. The minimum Gasteiger partial charge on any atom is -0.472 e. The van der Waals surface area contributed by atoms with Gasteiger partial charge in [-0.2, -0.15) is 0 Å². The molecule has 0 radical (unpaired) electrons. The van der Waals surface area contributed by atoms with Crippen LogP contribution in [0.15, 0.2) is 12.1 Å². The van der Waals surface area contributed by atoms with Crippen LogP contribution in [-0.2, 0) is 14.3 Å². The summed E-state index contributed by atoms with van der Waals surface area (Å²) < 4.78 is 16.4. The molecule has 1 aromatic rings. The zero-order valence-electron chi connectivity index (χ0n) is 16.0. The van der Waals surface area contributed by atoms with Crippen LogP contribution in [-0.4, -0.2) is 51.0 Å². The lowest BCUT2D eigenvalue weighted by Crippen LogP contribution is -2.49. The standard InChI is InChI=1S/C18H25ClN2O5/c1-7-24-16(22)14-10-21(17(23)26-18(2,3)4)13-9-11(19)8-12(20(5)6)15(13)25-14/h8-9,14H,7,10H2,1-6H3. The molecule has 144 valence electrons. The first-order valence-electron chi connectivity index (χ1n) is 8.38. The fourth-order valence-corrected chi connectivity index (χ4v) is 2.72. The lowest BCUT2D eigenvalue weighted by molar-refractivity contribution is -0.151. The van der Waals surface area contributed by atoms with E-state index in [0.29, 0.717) is 22.1 Å². The van der Waals surface area contributed by atoms with Gasteiger partial charge in [0.1, 0.15) is 5.60 Å². The quantitative estimate of drug-likeness (QED) is 0.743. The van der Waals surface area contributed by atoms with Gasteiger partial charge in [0.2, 0.25) is 6.10 Å². The largest absolute Gasteiger partial charge is 0.472 e. The second-order valence-electron chi connectivity index (χ2n) is 7.12. The minimum atomic E-state index is -0.949. The van der Waals surface area contributed by atoms with Crippen LogP contribution in [0, 0.1) is 0 Å². The predicted octanol–water partition coefficient (Wildman–Crippen LogP) is 3.47. The summed E-state index contributed by atoms with van der Waals surface area (Å²) in [4.78, 5) is 28.1. The molecule has 1 aliphatic rings. The number of halogens is 1. The van der Waals surface area contributed by atoms with Crippen molar-refractivity contribution in [2.45, 2.75) is 39.4 Å². The number of benzene rings is 1. The normalized spacial score (nSPS) is 16.4. The molecule has 0 aliphatic carbocycles. The SMILES string of the molecule is CCOC(=O)C1CN(C(=O)OC(C)(C)C)c2cc(Cl)cc(N(C)C)c2O1. The van der Waals surface area contributed by atoms with Gasteiger partial charge in [0, 0.05) is 19.1 Å². The van der Waals surface area contributed by atoms with Crippen molar-refractivity contribution in [1.29, 1.82) is 0 Å². The van der Waals surface area contributed by atoms with Crippen LogP contribution in [0.4, 0.5) is 16.2 Å². The summed E-state index contributed by atoms with van der Waals surface area (Å²) in [7, 11) is 3.64. The Hall–Kier alpha value is -2.15. The number of esters is 1. The molecule has 0 N–H and O–H groups in total. The molecule has 1 unspecified atom stereocenters. The number of hydrogen-bond donors (Lipinski definition) is 0. The average Bonchev–Trinajstić information content (AvgIpc) is 2.51. The van der Waals surface area contributed by atoms with Gasteiger partial charge in [-0.1, -0.05) is 11.6 Å². The third kappa shape index (κ3) is 4.52. The molecule has 1 heterocycles. The summed E-state index contributed by atoms with van der Waals surface area (Å²) in [5, 5.41) is 0.444. The number of carbonyl (C=O) groups is 2. The van der Waals surface area contributed by atoms with Crippen molar-refractivity contribution in [2.75, 3.05) is 37.0 Å². The number of anilines is 2. The van der Waals surface area contributed by atoms with Gasteiger partial charge in [-0.15, -0.1) is 0 Å². The molecular formula is C18H25ClN2O5. The van der Waals surface area contributed by atoms with Gasteiger partial charge >= 0.3 is 12.1 Å². The second kappa shape index (κ2) is 7.61. The molecule has 0 fully saturated rings. The Morgan fingerprint density at radius 1 is 1.35 bits per heavy atom. The van der Waals surface area contributed by atoms with Crippen molar-refractivity contribution in [2.24, 2.45) is 0 Å². The molecule has 7 nitrogen and oxygen atoms in total. The van der Waals surface area contributed by atoms with E-state index in [9.17, 15) is 9.59 Å². The van der Waals surface area contributed by atoms with Crippen LogP contribution in [0.5, 0.6) is 5.75 Å². The van der Waals surface area contributed by atoms with Gasteiger partial charge < -0.3 is 19.1 Å². The highest BCUT2D eigenvalue weighted by Crippen LogP contribution is 2.44. The van der Waals surface area contributed by atoms with Gasteiger partial charge in [-0.25, -0.2) is 9.59 Å². The maximum atomic E-state index is 12.7. The summed E-state index contributed by atoms with van der Waals surface area (Å²) >= 11 is 6.23. The fourth-order valence-electron chi connectivity index (χ4n) is 2.51. The Labute approximate surface area is 158 Å². The molecule has 0 saturated heterocycles. The van der Waals surface area contributed by atoms with E-state index in [0.717, 1.165) is 0 Å². The molecule has 26 heavy (non-hydrogen) atoms. The smallest absolute Gasteiger partial charge is 0.415 e. The molecule has 0 bridgehead atoms. The Morgan fingerprint density at radius 2 is 2.00 bits per heavy atom. The first-order chi connectivity index (χ1) is 12.0. The van der Waals surface area contributed by atoms with Crippen molar-refractivity contribution in [3.8, 4) is 5.75 Å². The first-order valence-corrected chi connectivity index (χ1v) is 8.76. The monoisotopic (exact) mass is 384 g/mol. The number of ether oxygens (including phenoxy) is 3. The van der Waals surface area contributed by atoms with Crippen molar-refractivity contribution < 1.29 is 23.8 Å². The number of rotatable bonds is 3. The van der Waals surface area contributed by atoms with E-state index >= 15 is 0 Å². The lowest BCUT2D eigenvalue weighted by atomic mass is 10.1. The maximum absolute atomic E-state index is 12.7. The summed E-state index contributed by atoms with van der Waals surface area (Å²) in [6, 6.07) is 3.33. The molecule has 0 spiro atoms. The van der Waals surface area contributed by atoms with Crippen molar-refractivity contribution in [1.82, 2.24) is 0 Å². The highest BCUT2D eigenvalue weighted by atomic mass is 35.5. The van der Waals surface area contributed by atoms with E-state index in [-0.39, 0.29) is 13.2 Å². The summed E-state index contributed by atoms with van der Waals surface area (Å²) in [5.74, 6) is -0.152. The highest BCUT2D eigenvalue weighted by molar-refractivity contribution is 6.31. The number of hydrogen-bond acceptors (Lipinski definition) is 6. The van der Waals surface area contributed by atoms with Crippen LogP contribution >= 0.6 is 11.6 Å². The predicted molar refractivity (Wildman–Crippen MR) is 100 cm³/mol. The minimum absolute atomic E-state index is 0.0199. The number of nitrogens with zero attached hydrogens (tertiary/aromatic N) is 2. The average molecular weight is 385 g/mol. The van der Waals surface area contributed by atoms with E-state index in [1.54, 1.807) is 44.7 Å². The first kappa shape index (κ1) is 20.2. The Kier molecular flexibility index (Phi) is 5.91. The van der Waals surface area contributed by atoms with Crippen LogP contribution in [0.3, 0.4) is 0 Å². The van der Waals surface area contributed by atoms with E-state index in [2.05, 4.69) is 0 Å². The molecule has 8 heteroatoms. The number of carbonyl (C=O) groups excluding carboxylic acids is 2. The molecule has 1 atom stereocenters. The van der Waals surface area contributed by atoms with E-state index in [1.165, 1.54) is 4.90 Å². The van der Waals surface area contributed by atoms with Crippen LogP contribution in [0.2, 0.25) is 5.02 Å². The summed E-state index contributed by atoms with van der Waals surface area (Å²) in [6.07, 6.45) is -1.53. The third-order valence-corrected chi connectivity index (χ3v) is 3.78. The Bertz CT molecular complexity index is 700. The van der Waals surface area contributed by atoms with Crippen molar-refractivity contribution in [3.05, 3.63) is 17.2 Å². The van der Waals surface area contributed by atoms with Gasteiger partial charge in [-0.05, 0) is 39.8 Å². The third-order valence-electron chi connectivity index (χ3n) is 3.56. The van der Waals surface area contributed by atoms with E-state index in [4.69, 9.17) is 25.8 Å². The van der Waals surface area contributed by atoms with Gasteiger partial charge in [0.15, 0.2) is 5.75 Å². The fraction of sp³-hybridized carbons (Fsp3) is 0.556. The topological polar surface area (TPSA) is 68.3 Å². The number of amides is 1. The van der Waals surface area contributed by atoms with E-state index < -0.39 is 23.8 Å². The van der Waals surface area contributed by atoms with Crippen LogP contribution in [0.1, 0.15) is 27.7 Å². The highest BCUT2D eigenvalue weighted by Gasteiger charge is 2.38. The van der Waals surface area contributed by atoms with Gasteiger partial charge in [-0.3, -0.25) is 4.90 Å². The van der Waals surface area contributed by atoms with Crippen LogP contribution < -0.4 is 14.5 Å². The molecule has 1 amide bonds. The molecule has 1 aromatic carbocycles. The molecule has 2 rings (SSSR count). The zero-order valence-corrected chi connectivity index (χ0v) is 16.7. The second-order valence-corrected chi connectivity index (χ2v) is 7.55. The molecule has 1 aliphatic heterocycles. The summed E-state index contributed by atoms with van der Waals surface area (Å²) in [6.45, 7) is 7.24. The van der Waals surface area contributed by atoms with Gasteiger partial charge in [0.25, 0.3) is 0 Å². The van der Waals surface area contributed by atoms with E-state index in [1.807, 2.05) is 14.1 Å². The molecular weight excluding hydrogens is 360 g/mol. The number of fused-ring (bicyclic) bond motifs is 1. The molecule has 0 aromatic heterocycles. The Balaban J connectivity index is 2.51. The summed E-state index contributed by atoms with van der Waals surface area (Å²) in [5.41, 5.74) is 0.420. The van der Waals surface area contributed by atoms with Crippen molar-refractivity contribution >= 4 is 35.0 Å².